The lowest BCUT2D eigenvalue weighted by atomic mass is 9.98. The van der Waals surface area contributed by atoms with Crippen molar-refractivity contribution in [1.82, 2.24) is 4.90 Å². The van der Waals surface area contributed by atoms with Crippen LogP contribution in [-0.4, -0.2) is 29.1 Å². The quantitative estimate of drug-likeness (QED) is 0.817. The molecule has 26 heavy (non-hydrogen) atoms. The largest absolute Gasteiger partial charge is 0.488 e. The number of benzene rings is 2. The molecule has 3 rings (SSSR count). The fourth-order valence-corrected chi connectivity index (χ4v) is 3.56. The molecule has 0 unspecified atom stereocenters. The van der Waals surface area contributed by atoms with Gasteiger partial charge in [-0.25, -0.2) is 0 Å². The topological polar surface area (TPSA) is 49.8 Å². The first-order chi connectivity index (χ1) is 12.3. The van der Waals surface area contributed by atoms with Crippen molar-refractivity contribution in [3.05, 3.63) is 63.2 Å². The third kappa shape index (κ3) is 4.19. The van der Waals surface area contributed by atoms with Crippen LogP contribution >= 0.6 is 11.6 Å². The molecule has 0 aromatic heterocycles. The zero-order valence-corrected chi connectivity index (χ0v) is 16.1. The van der Waals surface area contributed by atoms with Gasteiger partial charge in [0.05, 0.1) is 5.92 Å². The number of aryl methyl sites for hydroxylation is 3. The van der Waals surface area contributed by atoms with Gasteiger partial charge in [0.1, 0.15) is 12.4 Å². The van der Waals surface area contributed by atoms with E-state index >= 15 is 0 Å². The molecule has 1 fully saturated rings. The molecule has 0 amide bonds. The van der Waals surface area contributed by atoms with E-state index in [0.29, 0.717) is 19.7 Å². The van der Waals surface area contributed by atoms with Crippen LogP contribution in [0.2, 0.25) is 5.02 Å². The average Bonchev–Trinajstić information content (AvgIpc) is 2.52. The highest BCUT2D eigenvalue weighted by Gasteiger charge is 2.32. The van der Waals surface area contributed by atoms with Gasteiger partial charge < -0.3 is 9.84 Å². The molecule has 4 nitrogen and oxygen atoms in total. The SMILES string of the molecule is Cc1ccc(COc2c(C)cc(CN3CC(C(=O)O)C3)cc2C)cc1Cl. The van der Waals surface area contributed by atoms with Crippen LogP contribution in [0.3, 0.4) is 0 Å². The lowest BCUT2D eigenvalue weighted by molar-refractivity contribution is -0.147. The highest BCUT2D eigenvalue weighted by atomic mass is 35.5. The second kappa shape index (κ2) is 7.68. The molecule has 2 aromatic rings. The number of carbonyl (C=O) groups is 1. The summed E-state index contributed by atoms with van der Waals surface area (Å²) in [6, 6.07) is 10.2. The lowest BCUT2D eigenvalue weighted by Gasteiger charge is -2.36. The fourth-order valence-electron chi connectivity index (χ4n) is 3.35. The summed E-state index contributed by atoms with van der Waals surface area (Å²) in [5.74, 6) is -0.0211. The predicted molar refractivity (Wildman–Crippen MR) is 103 cm³/mol. The molecule has 1 heterocycles. The van der Waals surface area contributed by atoms with Crippen LogP contribution < -0.4 is 4.74 Å². The Morgan fingerprint density at radius 1 is 1.12 bits per heavy atom. The zero-order chi connectivity index (χ0) is 18.8. The molecule has 2 aromatic carbocycles. The van der Waals surface area contributed by atoms with Crippen LogP contribution in [0.1, 0.15) is 27.8 Å². The molecule has 1 N–H and O–H groups in total. The van der Waals surface area contributed by atoms with Crippen molar-refractivity contribution in [3.8, 4) is 5.75 Å². The van der Waals surface area contributed by atoms with Crippen molar-refractivity contribution in [3.63, 3.8) is 0 Å². The summed E-state index contributed by atoms with van der Waals surface area (Å²) in [5.41, 5.74) is 5.48. The maximum atomic E-state index is 10.9. The number of hydrogen-bond donors (Lipinski definition) is 1. The summed E-state index contributed by atoms with van der Waals surface area (Å²) < 4.78 is 6.05. The van der Waals surface area contributed by atoms with E-state index in [1.807, 2.05) is 39.0 Å². The molecule has 0 saturated carbocycles. The fraction of sp³-hybridized carbons (Fsp3) is 0.381. The first kappa shape index (κ1) is 18.7. The number of aliphatic carboxylic acids is 1. The first-order valence-corrected chi connectivity index (χ1v) is 9.14. The first-order valence-electron chi connectivity index (χ1n) is 8.76. The van der Waals surface area contributed by atoms with E-state index in [-0.39, 0.29) is 5.92 Å². The summed E-state index contributed by atoms with van der Waals surface area (Å²) in [5, 5.41) is 9.73. The molecule has 5 heteroatoms. The minimum atomic E-state index is -0.700. The van der Waals surface area contributed by atoms with Gasteiger partial charge in [0.2, 0.25) is 0 Å². The Morgan fingerprint density at radius 2 is 1.77 bits per heavy atom. The Balaban J connectivity index is 1.63. The van der Waals surface area contributed by atoms with Crippen molar-refractivity contribution >= 4 is 17.6 Å². The average molecular weight is 374 g/mol. The van der Waals surface area contributed by atoms with Gasteiger partial charge in [0, 0.05) is 24.7 Å². The molecule has 0 atom stereocenters. The van der Waals surface area contributed by atoms with Crippen molar-refractivity contribution in [2.75, 3.05) is 13.1 Å². The van der Waals surface area contributed by atoms with E-state index in [1.54, 1.807) is 0 Å². The number of ether oxygens (including phenoxy) is 1. The lowest BCUT2D eigenvalue weighted by Crippen LogP contribution is -2.49. The number of likely N-dealkylation sites (tertiary alicyclic amines) is 1. The van der Waals surface area contributed by atoms with Crippen LogP contribution in [0, 0.1) is 26.7 Å². The summed E-state index contributed by atoms with van der Waals surface area (Å²) in [6.07, 6.45) is 0. The van der Waals surface area contributed by atoms with Gasteiger partial charge in [-0.1, -0.05) is 35.9 Å². The minimum absolute atomic E-state index is 0.221. The standard InChI is InChI=1S/C21H24ClNO3/c1-13-4-5-16(8-19(13)22)12-26-20-14(2)6-17(7-15(20)3)9-23-10-18(11-23)21(24)25/h4-8,18H,9-12H2,1-3H3,(H,24,25). The maximum absolute atomic E-state index is 10.9. The monoisotopic (exact) mass is 373 g/mol. The molecular weight excluding hydrogens is 350 g/mol. The van der Waals surface area contributed by atoms with E-state index in [4.69, 9.17) is 21.4 Å². The van der Waals surface area contributed by atoms with E-state index in [2.05, 4.69) is 17.0 Å². The highest BCUT2D eigenvalue weighted by molar-refractivity contribution is 6.31. The molecule has 1 saturated heterocycles. The third-order valence-electron chi connectivity index (χ3n) is 4.85. The van der Waals surface area contributed by atoms with Gasteiger partial charge in [0.15, 0.2) is 0 Å². The molecule has 0 radical (unpaired) electrons. The Labute approximate surface area is 159 Å². The van der Waals surface area contributed by atoms with Gasteiger partial charge in [-0.2, -0.15) is 0 Å². The van der Waals surface area contributed by atoms with E-state index in [9.17, 15) is 4.79 Å². The van der Waals surface area contributed by atoms with Gasteiger partial charge in [0.25, 0.3) is 0 Å². The normalized spacial score (nSPS) is 14.9. The molecule has 138 valence electrons. The van der Waals surface area contributed by atoms with Crippen molar-refractivity contribution in [2.45, 2.75) is 33.9 Å². The van der Waals surface area contributed by atoms with Crippen LogP contribution in [0.5, 0.6) is 5.75 Å². The Morgan fingerprint density at radius 3 is 2.35 bits per heavy atom. The molecule has 1 aliphatic heterocycles. The number of halogens is 1. The number of rotatable bonds is 6. The van der Waals surface area contributed by atoms with Gasteiger partial charge in [-0.15, -0.1) is 0 Å². The Kier molecular flexibility index (Phi) is 5.54. The second-order valence-corrected chi connectivity index (χ2v) is 7.57. The van der Waals surface area contributed by atoms with Gasteiger partial charge in [-0.05, 0) is 54.7 Å². The molecule has 0 aliphatic carbocycles. The number of carboxylic acid groups (broad SMARTS) is 1. The van der Waals surface area contributed by atoms with Gasteiger partial charge in [-0.3, -0.25) is 9.69 Å². The van der Waals surface area contributed by atoms with Crippen LogP contribution in [0.25, 0.3) is 0 Å². The zero-order valence-electron chi connectivity index (χ0n) is 15.4. The van der Waals surface area contributed by atoms with E-state index in [1.165, 1.54) is 5.56 Å². The third-order valence-corrected chi connectivity index (χ3v) is 5.26. The molecular formula is C21H24ClNO3. The Hall–Kier alpha value is -2.04. The summed E-state index contributed by atoms with van der Waals surface area (Å²) in [4.78, 5) is 13.1. The maximum Gasteiger partial charge on any atom is 0.309 e. The van der Waals surface area contributed by atoms with E-state index < -0.39 is 5.97 Å². The summed E-state index contributed by atoms with van der Waals surface area (Å²) in [7, 11) is 0. The van der Waals surface area contributed by atoms with Crippen LogP contribution in [0.4, 0.5) is 0 Å². The van der Waals surface area contributed by atoms with Crippen molar-refractivity contribution in [2.24, 2.45) is 5.92 Å². The Bertz CT molecular complexity index is 805. The predicted octanol–water partition coefficient (Wildman–Crippen LogP) is 4.36. The van der Waals surface area contributed by atoms with Crippen LogP contribution in [0.15, 0.2) is 30.3 Å². The smallest absolute Gasteiger partial charge is 0.309 e. The molecule has 1 aliphatic rings. The van der Waals surface area contributed by atoms with Gasteiger partial charge >= 0.3 is 5.97 Å². The van der Waals surface area contributed by atoms with E-state index in [0.717, 1.165) is 39.6 Å². The summed E-state index contributed by atoms with van der Waals surface area (Å²) >= 11 is 6.18. The highest BCUT2D eigenvalue weighted by Crippen LogP contribution is 2.28. The summed E-state index contributed by atoms with van der Waals surface area (Å²) in [6.45, 7) is 8.58. The van der Waals surface area contributed by atoms with Crippen molar-refractivity contribution in [1.29, 1.82) is 0 Å². The van der Waals surface area contributed by atoms with Crippen LogP contribution in [-0.2, 0) is 17.9 Å². The number of hydrogen-bond acceptors (Lipinski definition) is 3. The second-order valence-electron chi connectivity index (χ2n) is 7.16. The number of carboxylic acids is 1. The number of nitrogens with zero attached hydrogens (tertiary/aromatic N) is 1. The molecule has 0 spiro atoms. The minimum Gasteiger partial charge on any atom is -0.488 e. The molecule has 0 bridgehead atoms. The van der Waals surface area contributed by atoms with Crippen molar-refractivity contribution < 1.29 is 14.6 Å².